The molecule has 0 spiro atoms. The quantitative estimate of drug-likeness (QED) is 0.606. The van der Waals surface area contributed by atoms with E-state index >= 15 is 0 Å². The van der Waals surface area contributed by atoms with Crippen LogP contribution < -0.4 is 0 Å². The summed E-state index contributed by atoms with van der Waals surface area (Å²) in [5.41, 5.74) is 1.44. The van der Waals surface area contributed by atoms with Gasteiger partial charge in [-0.3, -0.25) is 4.79 Å². The van der Waals surface area contributed by atoms with Crippen molar-refractivity contribution in [1.29, 1.82) is 0 Å². The maximum absolute atomic E-state index is 12.6. The minimum Gasteiger partial charge on any atom is -0.460 e. The zero-order chi connectivity index (χ0) is 20.4. The lowest BCUT2D eigenvalue weighted by atomic mass is 10.2. The van der Waals surface area contributed by atoms with Gasteiger partial charge in [0.05, 0.1) is 0 Å². The number of esters is 1. The van der Waals surface area contributed by atoms with Crippen LogP contribution in [0.4, 0.5) is 4.79 Å². The Morgan fingerprint density at radius 2 is 1.46 bits per heavy atom. The summed E-state index contributed by atoms with van der Waals surface area (Å²) >= 11 is 0. The minimum absolute atomic E-state index is 0.219. The second kappa shape index (κ2) is 10.5. The van der Waals surface area contributed by atoms with E-state index in [-0.39, 0.29) is 19.0 Å². The third-order valence-corrected chi connectivity index (χ3v) is 3.91. The summed E-state index contributed by atoms with van der Waals surface area (Å²) in [5.74, 6) is -0.259. The van der Waals surface area contributed by atoms with Gasteiger partial charge in [0.25, 0.3) is 0 Å². The Morgan fingerprint density at radius 3 is 2.04 bits per heavy atom. The molecule has 0 aliphatic heterocycles. The molecule has 0 atom stereocenters. The second-order valence-corrected chi connectivity index (χ2v) is 7.64. The predicted molar refractivity (Wildman–Crippen MR) is 109 cm³/mol. The van der Waals surface area contributed by atoms with Gasteiger partial charge in [-0.25, -0.2) is 4.79 Å². The van der Waals surface area contributed by atoms with Crippen LogP contribution in [0.1, 0.15) is 44.7 Å². The SMILES string of the molecule is CC(C)(C)OC(=O)CCCN(Cc1ccccc1)C(=O)OCc1ccccc1. The van der Waals surface area contributed by atoms with E-state index in [0.717, 1.165) is 11.1 Å². The standard InChI is InChI=1S/C23H29NO4/c1-23(2,3)28-21(25)15-10-16-24(17-19-11-6-4-7-12-19)22(26)27-18-20-13-8-5-9-14-20/h4-9,11-14H,10,15-18H2,1-3H3. The van der Waals surface area contributed by atoms with Crippen LogP contribution in [0.15, 0.2) is 60.7 Å². The molecule has 0 heterocycles. The van der Waals surface area contributed by atoms with Gasteiger partial charge < -0.3 is 14.4 Å². The summed E-state index contributed by atoms with van der Waals surface area (Å²) in [6, 6.07) is 19.3. The number of hydrogen-bond donors (Lipinski definition) is 0. The Hall–Kier alpha value is -2.82. The Morgan fingerprint density at radius 1 is 0.893 bits per heavy atom. The summed E-state index contributed by atoms with van der Waals surface area (Å²) in [6.07, 6.45) is 0.383. The zero-order valence-corrected chi connectivity index (χ0v) is 16.9. The van der Waals surface area contributed by atoms with Crippen LogP contribution in [-0.2, 0) is 27.4 Å². The first-order chi connectivity index (χ1) is 13.3. The number of nitrogens with zero attached hydrogens (tertiary/aromatic N) is 1. The zero-order valence-electron chi connectivity index (χ0n) is 16.9. The summed E-state index contributed by atoms with van der Waals surface area (Å²) in [7, 11) is 0. The molecule has 0 N–H and O–H groups in total. The summed E-state index contributed by atoms with van der Waals surface area (Å²) in [5, 5.41) is 0. The van der Waals surface area contributed by atoms with Crippen LogP contribution in [0.25, 0.3) is 0 Å². The fourth-order valence-corrected chi connectivity index (χ4v) is 2.66. The van der Waals surface area contributed by atoms with Gasteiger partial charge in [0.2, 0.25) is 0 Å². The lowest BCUT2D eigenvalue weighted by Gasteiger charge is -2.23. The van der Waals surface area contributed by atoms with E-state index in [2.05, 4.69) is 0 Å². The van der Waals surface area contributed by atoms with E-state index in [4.69, 9.17) is 9.47 Å². The second-order valence-electron chi connectivity index (χ2n) is 7.64. The maximum Gasteiger partial charge on any atom is 0.410 e. The average molecular weight is 383 g/mol. The number of amides is 1. The molecular formula is C23H29NO4. The fourth-order valence-electron chi connectivity index (χ4n) is 2.66. The van der Waals surface area contributed by atoms with Crippen molar-refractivity contribution in [2.24, 2.45) is 0 Å². The van der Waals surface area contributed by atoms with Crippen LogP contribution in [-0.4, -0.2) is 29.1 Å². The Kier molecular flexibility index (Phi) is 8.05. The highest BCUT2D eigenvalue weighted by atomic mass is 16.6. The molecule has 5 nitrogen and oxygen atoms in total. The molecule has 150 valence electrons. The molecule has 0 bridgehead atoms. The molecule has 2 rings (SSSR count). The van der Waals surface area contributed by atoms with Gasteiger partial charge in [0.1, 0.15) is 12.2 Å². The van der Waals surface area contributed by atoms with E-state index in [1.807, 2.05) is 81.4 Å². The first kappa shape index (κ1) is 21.5. The lowest BCUT2D eigenvalue weighted by molar-refractivity contribution is -0.155. The number of rotatable bonds is 8. The van der Waals surface area contributed by atoms with Crippen molar-refractivity contribution in [2.75, 3.05) is 6.54 Å². The van der Waals surface area contributed by atoms with Gasteiger partial charge in [-0.1, -0.05) is 60.7 Å². The molecule has 28 heavy (non-hydrogen) atoms. The van der Waals surface area contributed by atoms with E-state index in [1.54, 1.807) is 4.90 Å². The molecule has 0 unspecified atom stereocenters. The molecule has 2 aromatic rings. The molecule has 2 aromatic carbocycles. The largest absolute Gasteiger partial charge is 0.460 e. The van der Waals surface area contributed by atoms with Gasteiger partial charge in [0, 0.05) is 19.5 Å². The molecule has 0 radical (unpaired) electrons. The molecule has 0 saturated heterocycles. The van der Waals surface area contributed by atoms with E-state index < -0.39 is 11.7 Å². The summed E-state index contributed by atoms with van der Waals surface area (Å²) in [4.78, 5) is 26.2. The Bertz CT molecular complexity index is 738. The number of hydrogen-bond acceptors (Lipinski definition) is 4. The summed E-state index contributed by atoms with van der Waals surface area (Å²) < 4.78 is 10.8. The van der Waals surface area contributed by atoms with Crippen molar-refractivity contribution >= 4 is 12.1 Å². The molecule has 5 heteroatoms. The van der Waals surface area contributed by atoms with Gasteiger partial charge in [-0.05, 0) is 38.3 Å². The Balaban J connectivity index is 1.92. The van der Waals surface area contributed by atoms with Crippen molar-refractivity contribution in [3.63, 3.8) is 0 Å². The van der Waals surface area contributed by atoms with E-state index in [0.29, 0.717) is 19.5 Å². The van der Waals surface area contributed by atoms with Gasteiger partial charge >= 0.3 is 12.1 Å². The van der Waals surface area contributed by atoms with Crippen molar-refractivity contribution in [2.45, 2.75) is 52.4 Å². The average Bonchev–Trinajstić information content (AvgIpc) is 2.65. The normalized spacial score (nSPS) is 11.0. The van der Waals surface area contributed by atoms with Crippen LogP contribution in [0.2, 0.25) is 0 Å². The third-order valence-electron chi connectivity index (χ3n) is 3.91. The predicted octanol–water partition coefficient (Wildman–Crippen LogP) is 4.95. The van der Waals surface area contributed by atoms with E-state index in [1.165, 1.54) is 0 Å². The molecule has 1 amide bonds. The number of ether oxygens (including phenoxy) is 2. The highest BCUT2D eigenvalue weighted by Crippen LogP contribution is 2.12. The summed E-state index contributed by atoms with van der Waals surface area (Å²) in [6.45, 7) is 6.59. The van der Waals surface area contributed by atoms with Crippen molar-refractivity contribution in [3.05, 3.63) is 71.8 Å². The van der Waals surface area contributed by atoms with Gasteiger partial charge in [-0.2, -0.15) is 0 Å². The molecule has 0 aliphatic carbocycles. The number of benzene rings is 2. The minimum atomic E-state index is -0.505. The maximum atomic E-state index is 12.6. The first-order valence-corrected chi connectivity index (χ1v) is 9.55. The van der Waals surface area contributed by atoms with Crippen LogP contribution in [0, 0.1) is 0 Å². The van der Waals surface area contributed by atoms with Crippen LogP contribution >= 0.6 is 0 Å². The molecular weight excluding hydrogens is 354 g/mol. The molecule has 0 aromatic heterocycles. The number of carbonyl (C=O) groups is 2. The fraction of sp³-hybridized carbons (Fsp3) is 0.391. The lowest BCUT2D eigenvalue weighted by Crippen LogP contribution is -2.32. The highest BCUT2D eigenvalue weighted by molar-refractivity contribution is 5.70. The Labute approximate surface area is 167 Å². The molecule has 0 aliphatic rings. The van der Waals surface area contributed by atoms with Gasteiger partial charge in [0.15, 0.2) is 0 Å². The van der Waals surface area contributed by atoms with Gasteiger partial charge in [-0.15, -0.1) is 0 Å². The topological polar surface area (TPSA) is 55.8 Å². The third kappa shape index (κ3) is 8.25. The molecule has 0 saturated carbocycles. The smallest absolute Gasteiger partial charge is 0.410 e. The number of carbonyl (C=O) groups excluding carboxylic acids is 2. The van der Waals surface area contributed by atoms with Crippen molar-refractivity contribution in [1.82, 2.24) is 4.90 Å². The molecule has 0 fully saturated rings. The van der Waals surface area contributed by atoms with Crippen molar-refractivity contribution < 1.29 is 19.1 Å². The monoisotopic (exact) mass is 383 g/mol. The van der Waals surface area contributed by atoms with Crippen molar-refractivity contribution in [3.8, 4) is 0 Å². The van der Waals surface area contributed by atoms with Crippen LogP contribution in [0.3, 0.4) is 0 Å². The highest BCUT2D eigenvalue weighted by Gasteiger charge is 2.19. The van der Waals surface area contributed by atoms with E-state index in [9.17, 15) is 9.59 Å². The first-order valence-electron chi connectivity index (χ1n) is 9.55. The van der Waals surface area contributed by atoms with Crippen LogP contribution in [0.5, 0.6) is 0 Å².